The third-order valence-electron chi connectivity index (χ3n) is 3.64. The van der Waals surface area contributed by atoms with Gasteiger partial charge < -0.3 is 5.11 Å². The number of phenols is 1. The van der Waals surface area contributed by atoms with Crippen LogP contribution in [0.15, 0.2) is 75.7 Å². The number of para-hydroxylation sites is 1. The third-order valence-corrected chi connectivity index (χ3v) is 4.92. The number of aromatic hydroxyl groups is 1. The van der Waals surface area contributed by atoms with E-state index in [-0.39, 0.29) is 5.75 Å². The number of benzene rings is 3. The van der Waals surface area contributed by atoms with E-state index in [1.54, 1.807) is 12.1 Å². The Bertz CT molecular complexity index is 748. The van der Waals surface area contributed by atoms with E-state index in [4.69, 9.17) is 5.11 Å². The van der Waals surface area contributed by atoms with E-state index < -0.39 is 0 Å². The van der Waals surface area contributed by atoms with Crippen LogP contribution in [0.5, 0.6) is 5.75 Å². The Balaban J connectivity index is 0.000000142. The predicted octanol–water partition coefficient (Wildman–Crippen LogP) is 6.18. The monoisotopic (exact) mass is 416 g/mol. The van der Waals surface area contributed by atoms with Crippen molar-refractivity contribution in [2.45, 2.75) is 6.42 Å². The maximum absolute atomic E-state index is 9.11. The van der Waals surface area contributed by atoms with E-state index in [2.05, 4.69) is 80.4 Å². The first-order chi connectivity index (χ1) is 10.7. The van der Waals surface area contributed by atoms with Gasteiger partial charge in [-0.1, -0.05) is 54.6 Å². The van der Waals surface area contributed by atoms with Crippen molar-refractivity contribution >= 4 is 31.9 Å². The SMILES string of the molecule is Oc1c(Br)cccc1Br.c1ccc2c(c1)Cc1ccccc1-2. The Morgan fingerprint density at radius 3 is 1.55 bits per heavy atom. The van der Waals surface area contributed by atoms with E-state index in [1.165, 1.54) is 22.3 Å². The second-order valence-corrected chi connectivity index (χ2v) is 6.77. The molecule has 110 valence electrons. The number of fused-ring (bicyclic) bond motifs is 3. The molecule has 0 aromatic heterocycles. The fourth-order valence-electron chi connectivity index (χ4n) is 2.57. The van der Waals surface area contributed by atoms with Gasteiger partial charge >= 0.3 is 0 Å². The summed E-state index contributed by atoms with van der Waals surface area (Å²) in [5.74, 6) is 0.248. The Kier molecular flexibility index (Phi) is 4.65. The minimum atomic E-state index is 0.248. The van der Waals surface area contributed by atoms with Crippen LogP contribution >= 0.6 is 31.9 Å². The van der Waals surface area contributed by atoms with Crippen LogP contribution in [0, 0.1) is 0 Å². The van der Waals surface area contributed by atoms with Crippen LogP contribution in [0.25, 0.3) is 11.1 Å². The topological polar surface area (TPSA) is 20.2 Å². The van der Waals surface area contributed by atoms with Gasteiger partial charge in [0.15, 0.2) is 0 Å². The molecule has 0 aliphatic heterocycles. The predicted molar refractivity (Wildman–Crippen MR) is 98.2 cm³/mol. The second-order valence-electron chi connectivity index (χ2n) is 5.06. The quantitative estimate of drug-likeness (QED) is 0.362. The molecule has 0 amide bonds. The highest BCUT2D eigenvalue weighted by Gasteiger charge is 2.15. The fourth-order valence-corrected chi connectivity index (χ4v) is 3.57. The molecule has 1 aliphatic rings. The summed E-state index contributed by atoms with van der Waals surface area (Å²) >= 11 is 6.33. The Hall–Kier alpha value is -1.58. The van der Waals surface area contributed by atoms with Crippen molar-refractivity contribution < 1.29 is 5.11 Å². The highest BCUT2D eigenvalue weighted by Crippen LogP contribution is 2.35. The van der Waals surface area contributed by atoms with Gasteiger partial charge in [0.2, 0.25) is 0 Å². The molecule has 0 spiro atoms. The summed E-state index contributed by atoms with van der Waals surface area (Å²) in [5.41, 5.74) is 5.75. The van der Waals surface area contributed by atoms with Crippen LogP contribution in [0.2, 0.25) is 0 Å². The van der Waals surface area contributed by atoms with Gasteiger partial charge in [-0.15, -0.1) is 0 Å². The first-order valence-corrected chi connectivity index (χ1v) is 8.54. The molecule has 0 radical (unpaired) electrons. The van der Waals surface area contributed by atoms with Gasteiger partial charge in [-0.05, 0) is 72.7 Å². The van der Waals surface area contributed by atoms with Gasteiger partial charge in [0, 0.05) is 0 Å². The Morgan fingerprint density at radius 1 is 0.636 bits per heavy atom. The second kappa shape index (κ2) is 6.67. The number of phenolic OH excluding ortho intramolecular Hbond substituents is 1. The number of halogens is 2. The zero-order chi connectivity index (χ0) is 15.5. The van der Waals surface area contributed by atoms with Gasteiger partial charge in [-0.3, -0.25) is 0 Å². The van der Waals surface area contributed by atoms with E-state index in [0.29, 0.717) is 8.95 Å². The molecule has 3 aromatic rings. The molecule has 1 aliphatic carbocycles. The van der Waals surface area contributed by atoms with Crippen molar-refractivity contribution in [2.75, 3.05) is 0 Å². The van der Waals surface area contributed by atoms with Crippen molar-refractivity contribution in [2.24, 2.45) is 0 Å². The molecule has 0 atom stereocenters. The first-order valence-electron chi connectivity index (χ1n) is 6.96. The standard InChI is InChI=1S/C13H10.C6H4Br2O/c1-3-7-12-10(5-1)9-11-6-2-4-8-13(11)12;7-4-2-1-3-5(8)6(4)9/h1-8H,9H2;1-3,9H. The molecule has 0 heterocycles. The lowest BCUT2D eigenvalue weighted by Crippen LogP contribution is -1.77. The number of hydrogen-bond acceptors (Lipinski definition) is 1. The molecule has 1 N–H and O–H groups in total. The average Bonchev–Trinajstić information content (AvgIpc) is 2.92. The maximum Gasteiger partial charge on any atom is 0.143 e. The highest BCUT2D eigenvalue weighted by atomic mass is 79.9. The Labute approximate surface area is 146 Å². The summed E-state index contributed by atoms with van der Waals surface area (Å²) in [6, 6.07) is 22.7. The molecule has 3 heteroatoms. The van der Waals surface area contributed by atoms with Crippen molar-refractivity contribution in [3.8, 4) is 16.9 Å². The van der Waals surface area contributed by atoms with Gasteiger partial charge in [0.1, 0.15) is 5.75 Å². The van der Waals surface area contributed by atoms with Gasteiger partial charge in [0.25, 0.3) is 0 Å². The average molecular weight is 418 g/mol. The summed E-state index contributed by atoms with van der Waals surface area (Å²) in [6.07, 6.45) is 1.10. The van der Waals surface area contributed by atoms with Crippen molar-refractivity contribution in [1.29, 1.82) is 0 Å². The van der Waals surface area contributed by atoms with Crippen molar-refractivity contribution in [3.63, 3.8) is 0 Å². The van der Waals surface area contributed by atoms with E-state index in [9.17, 15) is 0 Å². The highest BCUT2D eigenvalue weighted by molar-refractivity contribution is 9.11. The summed E-state index contributed by atoms with van der Waals surface area (Å²) in [7, 11) is 0. The maximum atomic E-state index is 9.11. The summed E-state index contributed by atoms with van der Waals surface area (Å²) in [6.45, 7) is 0. The van der Waals surface area contributed by atoms with E-state index >= 15 is 0 Å². The molecule has 0 bridgehead atoms. The van der Waals surface area contributed by atoms with E-state index in [0.717, 1.165) is 6.42 Å². The smallest absolute Gasteiger partial charge is 0.143 e. The van der Waals surface area contributed by atoms with Gasteiger partial charge in [0.05, 0.1) is 8.95 Å². The molecule has 1 nitrogen and oxygen atoms in total. The zero-order valence-electron chi connectivity index (χ0n) is 11.8. The van der Waals surface area contributed by atoms with Crippen LogP contribution in [0.4, 0.5) is 0 Å². The fraction of sp³-hybridized carbons (Fsp3) is 0.0526. The minimum Gasteiger partial charge on any atom is -0.506 e. The molecule has 22 heavy (non-hydrogen) atoms. The van der Waals surface area contributed by atoms with Gasteiger partial charge in [-0.25, -0.2) is 0 Å². The lowest BCUT2D eigenvalue weighted by molar-refractivity contribution is 0.468. The Morgan fingerprint density at radius 2 is 1.09 bits per heavy atom. The summed E-state index contributed by atoms with van der Waals surface area (Å²) in [4.78, 5) is 0. The zero-order valence-corrected chi connectivity index (χ0v) is 14.9. The molecule has 0 fully saturated rings. The number of rotatable bonds is 0. The molecular weight excluding hydrogens is 404 g/mol. The normalized spacial score (nSPS) is 11.2. The minimum absolute atomic E-state index is 0.248. The lowest BCUT2D eigenvalue weighted by atomic mass is 10.1. The van der Waals surface area contributed by atoms with Crippen molar-refractivity contribution in [1.82, 2.24) is 0 Å². The molecular formula is C19H14Br2O. The molecule has 3 aromatic carbocycles. The number of hydrogen-bond donors (Lipinski definition) is 1. The molecule has 4 rings (SSSR count). The van der Waals surface area contributed by atoms with E-state index in [1.807, 2.05) is 6.07 Å². The molecule has 0 unspecified atom stereocenters. The molecule has 0 saturated carbocycles. The van der Waals surface area contributed by atoms with Crippen LogP contribution < -0.4 is 0 Å². The van der Waals surface area contributed by atoms with Crippen LogP contribution in [-0.4, -0.2) is 5.11 Å². The first kappa shape index (κ1) is 15.3. The third kappa shape index (κ3) is 3.11. The van der Waals surface area contributed by atoms with Gasteiger partial charge in [-0.2, -0.15) is 0 Å². The summed E-state index contributed by atoms with van der Waals surface area (Å²) in [5, 5.41) is 9.11. The summed E-state index contributed by atoms with van der Waals surface area (Å²) < 4.78 is 1.41. The molecule has 0 saturated heterocycles. The largest absolute Gasteiger partial charge is 0.506 e. The van der Waals surface area contributed by atoms with Crippen LogP contribution in [0.3, 0.4) is 0 Å². The van der Waals surface area contributed by atoms with Crippen LogP contribution in [0.1, 0.15) is 11.1 Å². The lowest BCUT2D eigenvalue weighted by Gasteiger charge is -1.98. The van der Waals surface area contributed by atoms with Crippen molar-refractivity contribution in [3.05, 3.63) is 86.8 Å². The van der Waals surface area contributed by atoms with Crippen LogP contribution in [-0.2, 0) is 6.42 Å².